The van der Waals surface area contributed by atoms with Crippen LogP contribution < -0.4 is 0 Å². The average molecular weight is 192 g/mol. The highest BCUT2D eigenvalue weighted by molar-refractivity contribution is 5.76. The van der Waals surface area contributed by atoms with Crippen LogP contribution in [0.5, 0.6) is 0 Å². The minimum absolute atomic E-state index is 0.791. The smallest absolute Gasteiger partial charge is 0.0926 e. The maximum atomic E-state index is 7.72. The summed E-state index contributed by atoms with van der Waals surface area (Å²) in [6.45, 7) is 4.33. The summed E-state index contributed by atoms with van der Waals surface area (Å²) in [6, 6.07) is 0. The van der Waals surface area contributed by atoms with Crippen molar-refractivity contribution in [3.8, 4) is 0 Å². The van der Waals surface area contributed by atoms with Crippen LogP contribution in [0.15, 0.2) is 0 Å². The van der Waals surface area contributed by atoms with Crippen LogP contribution in [-0.4, -0.2) is 23.8 Å². The van der Waals surface area contributed by atoms with Crippen LogP contribution >= 0.6 is 0 Å². The van der Waals surface area contributed by atoms with Gasteiger partial charge in [-0.25, -0.2) is 0 Å². The fourth-order valence-corrected chi connectivity index (χ4v) is 4.13. The molecule has 2 unspecified atom stereocenters. The van der Waals surface area contributed by atoms with E-state index in [1.54, 1.807) is 0 Å². The van der Waals surface area contributed by atoms with Gasteiger partial charge in [-0.3, -0.25) is 5.41 Å². The predicted octanol–water partition coefficient (Wildman–Crippen LogP) is 2.35. The third-order valence-corrected chi connectivity index (χ3v) is 4.91. The van der Waals surface area contributed by atoms with E-state index in [0.717, 1.165) is 29.5 Å². The van der Waals surface area contributed by atoms with Gasteiger partial charge in [0.05, 0.1) is 5.84 Å². The fourth-order valence-electron chi connectivity index (χ4n) is 4.13. The first kappa shape index (κ1) is 8.75. The van der Waals surface area contributed by atoms with E-state index >= 15 is 0 Å². The Kier molecular flexibility index (Phi) is 1.86. The van der Waals surface area contributed by atoms with Gasteiger partial charge in [0.1, 0.15) is 0 Å². The van der Waals surface area contributed by atoms with Crippen LogP contribution in [0.25, 0.3) is 0 Å². The molecule has 78 valence electrons. The predicted molar refractivity (Wildman–Crippen MR) is 57.4 cm³/mol. The molecule has 3 saturated carbocycles. The van der Waals surface area contributed by atoms with Crippen LogP contribution in [0, 0.1) is 29.1 Å². The Morgan fingerprint density at radius 3 is 1.79 bits per heavy atom. The van der Waals surface area contributed by atoms with Crippen molar-refractivity contribution < 1.29 is 0 Å². The standard InChI is InChI=1S/C12H20N2/c1-8(13)14-6-11-9-2-3-10(5-4-9)12(11)7-14/h9-13H,2-7H2,1H3. The Bertz CT molecular complexity index is 233. The van der Waals surface area contributed by atoms with Crippen LogP contribution in [0.4, 0.5) is 0 Å². The van der Waals surface area contributed by atoms with Crippen molar-refractivity contribution in [2.75, 3.05) is 13.1 Å². The van der Waals surface area contributed by atoms with Crippen LogP contribution in [0.1, 0.15) is 32.6 Å². The highest BCUT2D eigenvalue weighted by Crippen LogP contribution is 2.51. The van der Waals surface area contributed by atoms with Gasteiger partial charge in [-0.05, 0) is 56.3 Å². The monoisotopic (exact) mass is 192 g/mol. The summed E-state index contributed by atoms with van der Waals surface area (Å²) in [5.74, 6) is 4.70. The Balaban J connectivity index is 1.81. The molecule has 0 aromatic heterocycles. The second kappa shape index (κ2) is 2.98. The molecule has 0 spiro atoms. The van der Waals surface area contributed by atoms with Crippen LogP contribution in [0.2, 0.25) is 0 Å². The topological polar surface area (TPSA) is 27.1 Å². The van der Waals surface area contributed by atoms with E-state index in [2.05, 4.69) is 4.90 Å². The lowest BCUT2D eigenvalue weighted by molar-refractivity contribution is 0.0577. The molecule has 4 fully saturated rings. The molecular formula is C12H20N2. The molecule has 2 atom stereocenters. The molecule has 0 amide bonds. The van der Waals surface area contributed by atoms with Crippen molar-refractivity contribution in [3.63, 3.8) is 0 Å². The number of fused-ring (bicyclic) bond motifs is 2. The first-order valence-corrected chi connectivity index (χ1v) is 6.06. The molecule has 4 rings (SSSR count). The van der Waals surface area contributed by atoms with Gasteiger partial charge in [0, 0.05) is 13.1 Å². The molecule has 0 aromatic carbocycles. The van der Waals surface area contributed by atoms with Crippen molar-refractivity contribution in [2.45, 2.75) is 32.6 Å². The van der Waals surface area contributed by atoms with E-state index < -0.39 is 0 Å². The molecule has 2 heteroatoms. The minimum atomic E-state index is 0.791. The number of nitrogens with one attached hydrogen (secondary N) is 1. The lowest BCUT2D eigenvalue weighted by atomic mass is 9.60. The van der Waals surface area contributed by atoms with Crippen molar-refractivity contribution in [1.82, 2.24) is 4.90 Å². The first-order chi connectivity index (χ1) is 6.75. The van der Waals surface area contributed by atoms with E-state index in [1.807, 2.05) is 6.92 Å². The number of likely N-dealkylation sites (tertiary alicyclic amines) is 1. The van der Waals surface area contributed by atoms with Gasteiger partial charge in [-0.2, -0.15) is 0 Å². The number of amidine groups is 1. The second-order valence-electron chi connectivity index (χ2n) is 5.49. The van der Waals surface area contributed by atoms with Crippen molar-refractivity contribution in [2.24, 2.45) is 23.7 Å². The zero-order chi connectivity index (χ0) is 9.71. The van der Waals surface area contributed by atoms with E-state index in [-0.39, 0.29) is 0 Å². The van der Waals surface area contributed by atoms with E-state index in [0.29, 0.717) is 0 Å². The zero-order valence-electron chi connectivity index (χ0n) is 9.00. The number of hydrogen-bond acceptors (Lipinski definition) is 1. The highest BCUT2D eigenvalue weighted by atomic mass is 15.2. The SMILES string of the molecule is CC(=N)N1CC2C3CCC(CC3)C2C1. The summed E-state index contributed by atoms with van der Waals surface area (Å²) in [7, 11) is 0. The van der Waals surface area contributed by atoms with Crippen molar-refractivity contribution >= 4 is 5.84 Å². The number of hydrogen-bond donors (Lipinski definition) is 1. The molecule has 0 aromatic rings. The fraction of sp³-hybridized carbons (Fsp3) is 0.917. The van der Waals surface area contributed by atoms with Crippen molar-refractivity contribution in [1.29, 1.82) is 5.41 Å². The Labute approximate surface area is 86.2 Å². The van der Waals surface area contributed by atoms with Gasteiger partial charge >= 0.3 is 0 Å². The Hall–Kier alpha value is -0.530. The number of rotatable bonds is 0. The molecule has 14 heavy (non-hydrogen) atoms. The van der Waals surface area contributed by atoms with E-state index in [9.17, 15) is 0 Å². The van der Waals surface area contributed by atoms with Gasteiger partial charge in [0.25, 0.3) is 0 Å². The number of nitrogens with zero attached hydrogens (tertiary/aromatic N) is 1. The van der Waals surface area contributed by atoms with Crippen molar-refractivity contribution in [3.05, 3.63) is 0 Å². The Morgan fingerprint density at radius 2 is 1.43 bits per heavy atom. The lowest BCUT2D eigenvalue weighted by Crippen LogP contribution is -2.38. The van der Waals surface area contributed by atoms with Crippen LogP contribution in [0.3, 0.4) is 0 Å². The summed E-state index contributed by atoms with van der Waals surface area (Å²) < 4.78 is 0. The van der Waals surface area contributed by atoms with E-state index in [4.69, 9.17) is 5.41 Å². The molecule has 4 aliphatic rings. The molecule has 2 nitrogen and oxygen atoms in total. The summed E-state index contributed by atoms with van der Waals surface area (Å²) in [6.07, 6.45) is 5.93. The van der Waals surface area contributed by atoms with E-state index in [1.165, 1.54) is 38.8 Å². The summed E-state index contributed by atoms with van der Waals surface area (Å²) in [5.41, 5.74) is 0. The van der Waals surface area contributed by atoms with Gasteiger partial charge < -0.3 is 4.90 Å². The molecule has 1 heterocycles. The maximum absolute atomic E-state index is 7.72. The molecule has 1 aliphatic heterocycles. The van der Waals surface area contributed by atoms with Crippen LogP contribution in [-0.2, 0) is 0 Å². The third-order valence-electron chi connectivity index (χ3n) is 4.91. The second-order valence-corrected chi connectivity index (χ2v) is 5.49. The summed E-state index contributed by atoms with van der Waals surface area (Å²) in [5, 5.41) is 7.72. The largest absolute Gasteiger partial charge is 0.360 e. The molecule has 1 N–H and O–H groups in total. The summed E-state index contributed by atoms with van der Waals surface area (Å²) >= 11 is 0. The van der Waals surface area contributed by atoms with Gasteiger partial charge in [0.2, 0.25) is 0 Å². The minimum Gasteiger partial charge on any atom is -0.360 e. The normalized spacial score (nSPS) is 45.4. The van der Waals surface area contributed by atoms with Gasteiger partial charge in [-0.1, -0.05) is 0 Å². The lowest BCUT2D eigenvalue weighted by Gasteiger charge is -2.44. The zero-order valence-corrected chi connectivity index (χ0v) is 9.00. The molecule has 1 saturated heterocycles. The quantitative estimate of drug-likeness (QED) is 0.463. The van der Waals surface area contributed by atoms with Gasteiger partial charge in [0.15, 0.2) is 0 Å². The summed E-state index contributed by atoms with van der Waals surface area (Å²) in [4.78, 5) is 2.31. The Morgan fingerprint density at radius 1 is 1.00 bits per heavy atom. The molecule has 3 aliphatic carbocycles. The highest BCUT2D eigenvalue weighted by Gasteiger charge is 2.48. The molecule has 0 radical (unpaired) electrons. The average Bonchev–Trinajstić information content (AvgIpc) is 2.65. The molecular weight excluding hydrogens is 172 g/mol. The van der Waals surface area contributed by atoms with Gasteiger partial charge in [-0.15, -0.1) is 0 Å². The first-order valence-electron chi connectivity index (χ1n) is 6.06. The maximum Gasteiger partial charge on any atom is 0.0926 e. The molecule has 2 bridgehead atoms. The third kappa shape index (κ3) is 1.12.